The van der Waals surface area contributed by atoms with Gasteiger partial charge in [-0.05, 0) is 43.5 Å². The molecule has 4 nitrogen and oxygen atoms in total. The minimum absolute atomic E-state index is 0.0968. The minimum atomic E-state index is 0.0968. The first kappa shape index (κ1) is 14.4. The van der Waals surface area contributed by atoms with Crippen LogP contribution >= 0.6 is 0 Å². The predicted molar refractivity (Wildman–Crippen MR) is 86.4 cm³/mol. The highest BCUT2D eigenvalue weighted by Crippen LogP contribution is 2.30. The van der Waals surface area contributed by atoms with Gasteiger partial charge in [-0.25, -0.2) is 4.99 Å². The fraction of sp³-hybridized carbons (Fsp3) is 0.438. The fourth-order valence-corrected chi connectivity index (χ4v) is 2.86. The van der Waals surface area contributed by atoms with Gasteiger partial charge < -0.3 is 16.0 Å². The number of aliphatic imine (C=N–C) groups is 1. The molecule has 0 saturated carbocycles. The van der Waals surface area contributed by atoms with Crippen molar-refractivity contribution in [1.82, 2.24) is 4.57 Å². The predicted octanol–water partition coefficient (Wildman–Crippen LogP) is 3.47. The van der Waals surface area contributed by atoms with E-state index in [1.54, 1.807) is 0 Å². The van der Waals surface area contributed by atoms with Gasteiger partial charge in [0.25, 0.3) is 0 Å². The summed E-state index contributed by atoms with van der Waals surface area (Å²) < 4.78 is 2.47. The monoisotopic (exact) mass is 272 g/mol. The van der Waals surface area contributed by atoms with Crippen molar-refractivity contribution < 1.29 is 0 Å². The van der Waals surface area contributed by atoms with Crippen LogP contribution in [0.4, 0.5) is 5.69 Å². The number of nitrogens with two attached hydrogens (primary N) is 2. The normalized spacial score (nSPS) is 11.2. The van der Waals surface area contributed by atoms with Gasteiger partial charge in [-0.3, -0.25) is 0 Å². The van der Waals surface area contributed by atoms with Crippen molar-refractivity contribution in [3.8, 4) is 0 Å². The molecule has 0 aliphatic heterocycles. The largest absolute Gasteiger partial charge is 0.370 e. The molecule has 20 heavy (non-hydrogen) atoms. The highest BCUT2D eigenvalue weighted by Gasteiger charge is 2.14. The molecule has 1 heterocycles. The van der Waals surface area contributed by atoms with Crippen LogP contribution in [0.15, 0.2) is 29.3 Å². The van der Waals surface area contributed by atoms with E-state index in [1.165, 1.54) is 16.6 Å². The summed E-state index contributed by atoms with van der Waals surface area (Å²) in [4.78, 5) is 4.12. The Morgan fingerprint density at radius 3 is 2.40 bits per heavy atom. The van der Waals surface area contributed by atoms with E-state index in [1.807, 2.05) is 12.1 Å². The summed E-state index contributed by atoms with van der Waals surface area (Å²) in [5.41, 5.74) is 14.3. The first-order valence-electron chi connectivity index (χ1n) is 7.34. The van der Waals surface area contributed by atoms with Gasteiger partial charge in [0.2, 0.25) is 0 Å². The topological polar surface area (TPSA) is 69.3 Å². The van der Waals surface area contributed by atoms with Crippen molar-refractivity contribution in [2.45, 2.75) is 46.1 Å². The van der Waals surface area contributed by atoms with Crippen LogP contribution in [-0.4, -0.2) is 10.5 Å². The van der Waals surface area contributed by atoms with Crippen molar-refractivity contribution in [2.24, 2.45) is 16.5 Å². The zero-order valence-electron chi connectivity index (χ0n) is 12.6. The van der Waals surface area contributed by atoms with Gasteiger partial charge >= 0.3 is 0 Å². The second-order valence-electron chi connectivity index (χ2n) is 5.11. The Kier molecular flexibility index (Phi) is 4.32. The van der Waals surface area contributed by atoms with E-state index in [2.05, 4.69) is 42.5 Å². The Hall–Kier alpha value is -1.97. The molecule has 0 radical (unpaired) electrons. The van der Waals surface area contributed by atoms with Gasteiger partial charge in [0.15, 0.2) is 5.96 Å². The summed E-state index contributed by atoms with van der Waals surface area (Å²) in [6.45, 7) is 6.68. The Bertz CT molecular complexity index is 617. The smallest absolute Gasteiger partial charge is 0.191 e. The van der Waals surface area contributed by atoms with Gasteiger partial charge in [-0.2, -0.15) is 0 Å². The Morgan fingerprint density at radius 2 is 1.85 bits per heavy atom. The number of fused-ring (bicyclic) bond motifs is 1. The molecule has 0 spiro atoms. The van der Waals surface area contributed by atoms with Crippen molar-refractivity contribution in [2.75, 3.05) is 0 Å². The van der Waals surface area contributed by atoms with Crippen molar-refractivity contribution in [1.29, 1.82) is 0 Å². The van der Waals surface area contributed by atoms with E-state index in [9.17, 15) is 0 Å². The summed E-state index contributed by atoms with van der Waals surface area (Å²) in [6.07, 6.45) is 3.31. The highest BCUT2D eigenvalue weighted by molar-refractivity contribution is 5.86. The lowest BCUT2D eigenvalue weighted by Crippen LogP contribution is -2.21. The molecule has 108 valence electrons. The molecule has 1 aromatic carbocycles. The maximum atomic E-state index is 5.44. The second-order valence-corrected chi connectivity index (χ2v) is 5.11. The number of benzene rings is 1. The van der Waals surface area contributed by atoms with Gasteiger partial charge in [-0.1, -0.05) is 20.8 Å². The van der Waals surface area contributed by atoms with Gasteiger partial charge in [-0.15, -0.1) is 0 Å². The Morgan fingerprint density at radius 1 is 1.15 bits per heavy atom. The number of aromatic nitrogens is 1. The molecule has 2 aromatic rings. The van der Waals surface area contributed by atoms with Crippen molar-refractivity contribution >= 4 is 22.5 Å². The number of hydrogen-bond donors (Lipinski definition) is 2. The standard InChI is InChI=1S/C16H24N4/c1-4-13(5-2)20-14(6-3)10-11-9-12(19-16(17)18)7-8-15(11)20/h7-10,13H,4-6H2,1-3H3,(H4,17,18,19). The lowest BCUT2D eigenvalue weighted by atomic mass is 10.1. The third-order valence-corrected chi connectivity index (χ3v) is 3.83. The van der Waals surface area contributed by atoms with Crippen LogP contribution in [0.1, 0.15) is 45.3 Å². The van der Waals surface area contributed by atoms with Crippen LogP contribution in [0.25, 0.3) is 10.9 Å². The fourth-order valence-electron chi connectivity index (χ4n) is 2.86. The molecule has 0 amide bonds. The van der Waals surface area contributed by atoms with Crippen LogP contribution in [-0.2, 0) is 6.42 Å². The molecule has 0 fully saturated rings. The second kappa shape index (κ2) is 5.99. The maximum absolute atomic E-state index is 5.44. The summed E-state index contributed by atoms with van der Waals surface area (Å²) >= 11 is 0. The lowest BCUT2D eigenvalue weighted by Gasteiger charge is -2.19. The van der Waals surface area contributed by atoms with Crippen LogP contribution < -0.4 is 11.5 Å². The number of nitrogens with zero attached hydrogens (tertiary/aromatic N) is 2. The van der Waals surface area contributed by atoms with E-state index in [0.717, 1.165) is 24.9 Å². The molecule has 0 unspecified atom stereocenters. The van der Waals surface area contributed by atoms with Gasteiger partial charge in [0, 0.05) is 22.6 Å². The maximum Gasteiger partial charge on any atom is 0.191 e. The molecule has 1 aromatic heterocycles. The first-order valence-corrected chi connectivity index (χ1v) is 7.34. The lowest BCUT2D eigenvalue weighted by molar-refractivity contribution is 0.473. The molecular weight excluding hydrogens is 248 g/mol. The summed E-state index contributed by atoms with van der Waals surface area (Å²) in [7, 11) is 0. The number of hydrogen-bond acceptors (Lipinski definition) is 1. The SMILES string of the molecule is CCc1cc2cc(N=C(N)N)ccc2n1C(CC)CC. The Labute approximate surface area is 120 Å². The van der Waals surface area contributed by atoms with Crippen molar-refractivity contribution in [3.05, 3.63) is 30.0 Å². The van der Waals surface area contributed by atoms with E-state index in [0.29, 0.717) is 6.04 Å². The molecule has 0 saturated heterocycles. The van der Waals surface area contributed by atoms with Crippen LogP contribution in [0.2, 0.25) is 0 Å². The average molecular weight is 272 g/mol. The quantitative estimate of drug-likeness (QED) is 0.646. The highest BCUT2D eigenvalue weighted by atomic mass is 15.0. The van der Waals surface area contributed by atoms with E-state index in [4.69, 9.17) is 11.5 Å². The zero-order chi connectivity index (χ0) is 14.7. The van der Waals surface area contributed by atoms with Gasteiger partial charge in [0.1, 0.15) is 0 Å². The van der Waals surface area contributed by atoms with Crippen molar-refractivity contribution in [3.63, 3.8) is 0 Å². The number of guanidine groups is 1. The molecular formula is C16H24N4. The molecule has 0 bridgehead atoms. The van der Waals surface area contributed by atoms with Crippen LogP contribution in [0.5, 0.6) is 0 Å². The summed E-state index contributed by atoms with van der Waals surface area (Å²) in [5, 5.41) is 1.20. The molecule has 0 aliphatic carbocycles. The summed E-state index contributed by atoms with van der Waals surface area (Å²) in [5.74, 6) is 0.0968. The number of rotatable bonds is 5. The summed E-state index contributed by atoms with van der Waals surface area (Å²) in [6, 6.07) is 8.94. The average Bonchev–Trinajstić information content (AvgIpc) is 2.78. The number of aryl methyl sites for hydroxylation is 1. The van der Waals surface area contributed by atoms with Crippen LogP contribution in [0, 0.1) is 0 Å². The van der Waals surface area contributed by atoms with E-state index >= 15 is 0 Å². The van der Waals surface area contributed by atoms with E-state index < -0.39 is 0 Å². The molecule has 0 aliphatic rings. The minimum Gasteiger partial charge on any atom is -0.370 e. The third-order valence-electron chi connectivity index (χ3n) is 3.83. The molecule has 0 atom stereocenters. The zero-order valence-corrected chi connectivity index (χ0v) is 12.6. The van der Waals surface area contributed by atoms with Gasteiger partial charge in [0.05, 0.1) is 5.69 Å². The first-order chi connectivity index (χ1) is 9.60. The van der Waals surface area contributed by atoms with Crippen LogP contribution in [0.3, 0.4) is 0 Å². The third kappa shape index (κ3) is 2.64. The molecule has 4 N–H and O–H groups in total. The van der Waals surface area contributed by atoms with E-state index in [-0.39, 0.29) is 5.96 Å². The molecule has 2 rings (SSSR count). The molecule has 4 heteroatoms. The Balaban J connectivity index is 2.60.